The Morgan fingerprint density at radius 3 is 2.41 bits per heavy atom. The number of hydrogen-bond donors (Lipinski definition) is 1. The number of aromatic nitrogens is 1. The summed E-state index contributed by atoms with van der Waals surface area (Å²) >= 11 is 0. The van der Waals surface area contributed by atoms with Crippen molar-refractivity contribution in [2.24, 2.45) is 0 Å². The molecule has 0 bridgehead atoms. The van der Waals surface area contributed by atoms with Crippen molar-refractivity contribution < 1.29 is 14.5 Å². The van der Waals surface area contributed by atoms with E-state index in [1.165, 1.54) is 0 Å². The molecule has 0 saturated carbocycles. The molecule has 1 N–H and O–H groups in total. The van der Waals surface area contributed by atoms with Crippen molar-refractivity contribution in [3.63, 3.8) is 0 Å². The van der Waals surface area contributed by atoms with Crippen LogP contribution in [0.3, 0.4) is 0 Å². The third-order valence-corrected chi connectivity index (χ3v) is 4.75. The number of hydroxylamine groups is 3. The predicted molar refractivity (Wildman–Crippen MR) is 108 cm³/mol. The van der Waals surface area contributed by atoms with E-state index in [-0.39, 0.29) is 5.92 Å². The number of aliphatic hydroxyl groups is 1. The molecule has 0 radical (unpaired) electrons. The molecular weight excluding hydrogens is 340 g/mol. The van der Waals surface area contributed by atoms with Gasteiger partial charge in [-0.2, -0.15) is 0 Å². The lowest BCUT2D eigenvalue weighted by atomic mass is 9.85. The van der Waals surface area contributed by atoms with Crippen molar-refractivity contribution in [2.45, 2.75) is 18.4 Å². The zero-order valence-corrected chi connectivity index (χ0v) is 16.0. The number of benzene rings is 2. The molecule has 0 amide bonds. The number of quaternary nitrogens is 1. The first-order valence-electron chi connectivity index (χ1n) is 9.10. The number of pyridine rings is 1. The second-order valence-corrected chi connectivity index (χ2v) is 7.32. The van der Waals surface area contributed by atoms with Crippen molar-refractivity contribution >= 4 is 10.9 Å². The fraction of sp³-hybridized carbons (Fsp3) is 0.318. The van der Waals surface area contributed by atoms with Gasteiger partial charge in [-0.15, -0.1) is 0 Å². The van der Waals surface area contributed by atoms with Crippen LogP contribution in [-0.4, -0.2) is 48.6 Å². The van der Waals surface area contributed by atoms with E-state index < -0.39 is 10.8 Å². The standard InChI is InChI=1S/C22H26N2O3/c1-24(2,26)14-13-20(25)21(16-9-5-4-6-10-16)18-15-17-11-7-8-12-19(17)23-22(18)27-3/h4-12,15,20-21,25H,13-14H2,1-3H3/t20-,21+/m0/s1. The zero-order chi connectivity index (χ0) is 19.4. The molecule has 5 heteroatoms. The fourth-order valence-electron chi connectivity index (χ4n) is 3.38. The van der Waals surface area contributed by atoms with Crippen molar-refractivity contribution in [2.75, 3.05) is 27.7 Å². The first kappa shape index (κ1) is 19.3. The second-order valence-electron chi connectivity index (χ2n) is 7.32. The van der Waals surface area contributed by atoms with Gasteiger partial charge in [0.05, 0.1) is 39.4 Å². The number of rotatable bonds is 7. The van der Waals surface area contributed by atoms with Gasteiger partial charge < -0.3 is 19.7 Å². The third kappa shape index (κ3) is 4.63. The number of fused-ring (bicyclic) bond motifs is 1. The minimum Gasteiger partial charge on any atom is -0.633 e. The summed E-state index contributed by atoms with van der Waals surface area (Å²) in [5.74, 6) is 0.169. The molecule has 27 heavy (non-hydrogen) atoms. The average molecular weight is 366 g/mol. The van der Waals surface area contributed by atoms with Crippen LogP contribution >= 0.6 is 0 Å². The van der Waals surface area contributed by atoms with Gasteiger partial charge in [-0.3, -0.25) is 0 Å². The molecule has 1 aromatic heterocycles. The third-order valence-electron chi connectivity index (χ3n) is 4.75. The SMILES string of the molecule is COc1nc2ccccc2cc1[C@@H](c1ccccc1)[C@@H](O)CC[N+](C)(C)[O-]. The van der Waals surface area contributed by atoms with E-state index in [0.717, 1.165) is 22.0 Å². The van der Waals surface area contributed by atoms with E-state index in [1.54, 1.807) is 21.2 Å². The maximum Gasteiger partial charge on any atom is 0.217 e. The molecule has 0 aliphatic rings. The number of ether oxygens (including phenoxy) is 1. The lowest BCUT2D eigenvalue weighted by Crippen LogP contribution is -2.36. The number of methoxy groups -OCH3 is 1. The molecule has 142 valence electrons. The summed E-state index contributed by atoms with van der Waals surface area (Å²) in [5.41, 5.74) is 2.64. The molecule has 2 aromatic carbocycles. The number of hydrogen-bond acceptors (Lipinski definition) is 4. The molecule has 0 spiro atoms. The van der Waals surface area contributed by atoms with Gasteiger partial charge in [0.1, 0.15) is 0 Å². The van der Waals surface area contributed by atoms with E-state index >= 15 is 0 Å². The fourth-order valence-corrected chi connectivity index (χ4v) is 3.38. The monoisotopic (exact) mass is 366 g/mol. The van der Waals surface area contributed by atoms with Crippen LogP contribution in [0.4, 0.5) is 0 Å². The Hall–Kier alpha value is -2.47. The van der Waals surface area contributed by atoms with Crippen molar-refractivity contribution in [1.29, 1.82) is 0 Å². The van der Waals surface area contributed by atoms with Crippen molar-refractivity contribution in [3.8, 4) is 5.88 Å². The molecule has 0 saturated heterocycles. The Bertz CT molecular complexity index is 891. The molecular formula is C22H26N2O3. The second kappa shape index (κ2) is 8.05. The molecule has 0 fully saturated rings. The Labute approximate surface area is 160 Å². The zero-order valence-electron chi connectivity index (χ0n) is 16.0. The van der Waals surface area contributed by atoms with Crippen LogP contribution in [0, 0.1) is 5.21 Å². The van der Waals surface area contributed by atoms with Gasteiger partial charge in [-0.25, -0.2) is 4.98 Å². The Kier molecular flexibility index (Phi) is 5.75. The van der Waals surface area contributed by atoms with Crippen molar-refractivity contribution in [3.05, 3.63) is 77.0 Å². The number of aliphatic hydroxyl groups excluding tert-OH is 1. The highest BCUT2D eigenvalue weighted by Crippen LogP contribution is 2.36. The van der Waals surface area contributed by atoms with E-state index in [1.807, 2.05) is 60.7 Å². The highest BCUT2D eigenvalue weighted by molar-refractivity contribution is 5.80. The quantitative estimate of drug-likeness (QED) is 0.511. The summed E-state index contributed by atoms with van der Waals surface area (Å²) in [7, 11) is 4.76. The maximum absolute atomic E-state index is 12.0. The van der Waals surface area contributed by atoms with Gasteiger partial charge in [0.2, 0.25) is 5.88 Å². The van der Waals surface area contributed by atoms with Crippen LogP contribution in [0.2, 0.25) is 0 Å². The topological polar surface area (TPSA) is 65.4 Å². The molecule has 1 heterocycles. The highest BCUT2D eigenvalue weighted by atomic mass is 16.5. The van der Waals surface area contributed by atoms with Gasteiger partial charge in [0.15, 0.2) is 0 Å². The van der Waals surface area contributed by atoms with Gasteiger partial charge in [0.25, 0.3) is 0 Å². The highest BCUT2D eigenvalue weighted by Gasteiger charge is 2.28. The Balaban J connectivity index is 2.08. The summed E-state index contributed by atoms with van der Waals surface area (Å²) in [4.78, 5) is 4.63. The van der Waals surface area contributed by atoms with Crippen LogP contribution in [0.1, 0.15) is 23.5 Å². The molecule has 0 aliphatic carbocycles. The predicted octanol–water partition coefficient (Wildman–Crippen LogP) is 3.70. The first-order valence-corrected chi connectivity index (χ1v) is 9.10. The lowest BCUT2D eigenvalue weighted by Gasteiger charge is -2.35. The lowest BCUT2D eigenvalue weighted by molar-refractivity contribution is -0.840. The number of nitrogens with zero attached hydrogens (tertiary/aromatic N) is 2. The molecule has 0 unspecified atom stereocenters. The minimum absolute atomic E-state index is 0.327. The minimum atomic E-state index is -0.726. The molecule has 5 nitrogen and oxygen atoms in total. The van der Waals surface area contributed by atoms with Gasteiger partial charge >= 0.3 is 0 Å². The first-order chi connectivity index (χ1) is 12.9. The van der Waals surface area contributed by atoms with Gasteiger partial charge in [0, 0.05) is 23.3 Å². The van der Waals surface area contributed by atoms with E-state index in [4.69, 9.17) is 4.74 Å². The van der Waals surface area contributed by atoms with E-state index in [0.29, 0.717) is 18.8 Å². The van der Waals surface area contributed by atoms with Gasteiger partial charge in [-0.1, -0.05) is 48.5 Å². The van der Waals surface area contributed by atoms with E-state index in [9.17, 15) is 10.3 Å². The molecule has 0 aliphatic heterocycles. The summed E-state index contributed by atoms with van der Waals surface area (Å²) in [6.07, 6.45) is -0.345. The summed E-state index contributed by atoms with van der Waals surface area (Å²) in [6, 6.07) is 19.7. The van der Waals surface area contributed by atoms with Crippen LogP contribution in [-0.2, 0) is 0 Å². The maximum atomic E-state index is 12.0. The molecule has 2 atom stereocenters. The van der Waals surface area contributed by atoms with Crippen molar-refractivity contribution in [1.82, 2.24) is 4.98 Å². The molecule has 3 rings (SSSR count). The van der Waals surface area contributed by atoms with Crippen LogP contribution < -0.4 is 4.74 Å². The largest absolute Gasteiger partial charge is 0.633 e. The normalized spacial score (nSPS) is 14.1. The average Bonchev–Trinajstić information content (AvgIpc) is 2.66. The van der Waals surface area contributed by atoms with Crippen LogP contribution in [0.15, 0.2) is 60.7 Å². The van der Waals surface area contributed by atoms with Crippen LogP contribution in [0.25, 0.3) is 10.9 Å². The van der Waals surface area contributed by atoms with Crippen LogP contribution in [0.5, 0.6) is 5.88 Å². The Morgan fingerprint density at radius 1 is 1.07 bits per heavy atom. The smallest absolute Gasteiger partial charge is 0.217 e. The summed E-state index contributed by atoms with van der Waals surface area (Å²) in [5, 5.41) is 24.0. The summed E-state index contributed by atoms with van der Waals surface area (Å²) in [6.45, 7) is 0.327. The molecule has 3 aromatic rings. The Morgan fingerprint density at radius 2 is 1.74 bits per heavy atom. The van der Waals surface area contributed by atoms with Gasteiger partial charge in [-0.05, 0) is 17.7 Å². The van der Waals surface area contributed by atoms with E-state index in [2.05, 4.69) is 4.98 Å². The number of para-hydroxylation sites is 1. The summed E-state index contributed by atoms with van der Waals surface area (Å²) < 4.78 is 5.12.